The second-order valence-electron chi connectivity index (χ2n) is 13.7. The number of hydrogen-bond donors (Lipinski definition) is 0. The summed E-state index contributed by atoms with van der Waals surface area (Å²) in [6.45, 7) is 0. The van der Waals surface area contributed by atoms with Gasteiger partial charge < -0.3 is 9.13 Å². The summed E-state index contributed by atoms with van der Waals surface area (Å²) in [6, 6.07) is 72.5. The van der Waals surface area contributed by atoms with Crippen LogP contribution in [0.1, 0.15) is 0 Å². The zero-order valence-electron chi connectivity index (χ0n) is 27.9. The first-order chi connectivity index (χ1) is 25.3. The van der Waals surface area contributed by atoms with E-state index in [4.69, 9.17) is 0 Å². The first-order valence-corrected chi connectivity index (χ1v) is 19.7. The van der Waals surface area contributed by atoms with E-state index in [9.17, 15) is 0 Å². The molecule has 2 aromatic heterocycles. The molecule has 8 aromatic carbocycles. The number of rotatable bonds is 4. The Bertz CT molecular complexity index is 2900. The summed E-state index contributed by atoms with van der Waals surface area (Å²) < 4.78 is 5.05. The van der Waals surface area contributed by atoms with E-state index < -0.39 is 8.07 Å². The molecule has 0 aliphatic carbocycles. The van der Waals surface area contributed by atoms with Crippen LogP contribution in [0.15, 0.2) is 194 Å². The predicted octanol–water partition coefficient (Wildman–Crippen LogP) is 9.24. The molecule has 2 nitrogen and oxygen atoms in total. The van der Waals surface area contributed by atoms with Gasteiger partial charge in [0.15, 0.2) is 8.07 Å². The highest BCUT2D eigenvalue weighted by Gasteiger charge is 2.48. The Morgan fingerprint density at radius 2 is 0.824 bits per heavy atom. The van der Waals surface area contributed by atoms with Crippen LogP contribution >= 0.6 is 0 Å². The minimum atomic E-state index is -2.91. The second-order valence-corrected chi connectivity index (χ2v) is 17.4. The van der Waals surface area contributed by atoms with Crippen molar-refractivity contribution < 1.29 is 0 Å². The van der Waals surface area contributed by atoms with E-state index in [0.29, 0.717) is 0 Å². The van der Waals surface area contributed by atoms with Crippen LogP contribution in [-0.4, -0.2) is 17.2 Å². The van der Waals surface area contributed by atoms with E-state index in [2.05, 4.69) is 203 Å². The van der Waals surface area contributed by atoms with E-state index >= 15 is 0 Å². The third kappa shape index (κ3) is 3.87. The van der Waals surface area contributed by atoms with Crippen LogP contribution in [0.2, 0.25) is 0 Å². The number of para-hydroxylation sites is 4. The molecule has 0 bridgehead atoms. The maximum absolute atomic E-state index is 2.91. The standard InChI is InChI=1S/C48H32N2Si/c1-3-15-33(16-4-1)34-27-29-37(30-28-34)51(36-17-5-2-6-18-36)46-26-14-13-25-45(46)50-44-24-12-9-21-40(44)41-31-35(32-47(51)48(41)50)49-42-22-10-7-19-38(42)39-20-8-11-23-43(39)49/h1-32H. The monoisotopic (exact) mass is 664 g/mol. The number of fused-ring (bicyclic) bond motifs is 8. The summed E-state index contributed by atoms with van der Waals surface area (Å²) in [5.41, 5.74) is 9.97. The zero-order valence-corrected chi connectivity index (χ0v) is 28.9. The lowest BCUT2D eigenvalue weighted by Crippen LogP contribution is -2.76. The quantitative estimate of drug-likeness (QED) is 0.166. The van der Waals surface area contributed by atoms with E-state index in [1.165, 1.54) is 86.9 Å². The number of benzene rings is 8. The Balaban J connectivity index is 1.33. The largest absolute Gasteiger partial charge is 0.309 e. The Kier molecular flexibility index (Phi) is 6.01. The van der Waals surface area contributed by atoms with Crippen molar-refractivity contribution in [2.24, 2.45) is 0 Å². The van der Waals surface area contributed by atoms with Crippen LogP contribution < -0.4 is 20.7 Å². The molecular formula is C48H32N2Si. The van der Waals surface area contributed by atoms with Gasteiger partial charge in [0.25, 0.3) is 0 Å². The van der Waals surface area contributed by atoms with Crippen molar-refractivity contribution in [2.45, 2.75) is 0 Å². The summed E-state index contributed by atoms with van der Waals surface area (Å²) in [4.78, 5) is 0. The molecule has 11 rings (SSSR count). The molecule has 1 atom stereocenters. The minimum absolute atomic E-state index is 1.20. The Morgan fingerprint density at radius 1 is 0.333 bits per heavy atom. The molecule has 51 heavy (non-hydrogen) atoms. The van der Waals surface area contributed by atoms with E-state index in [1.807, 2.05) is 0 Å². The van der Waals surface area contributed by atoms with Gasteiger partial charge in [0, 0.05) is 32.9 Å². The van der Waals surface area contributed by atoms with Crippen LogP contribution in [0.5, 0.6) is 0 Å². The van der Waals surface area contributed by atoms with Gasteiger partial charge in [-0.15, -0.1) is 0 Å². The smallest absolute Gasteiger partial charge is 0.184 e. The SMILES string of the molecule is c1ccc(-c2ccc([Si]3(c4ccccc4)c4ccccc4-n4c5ccccc5c5cc(-n6c7ccccc7c7ccccc76)cc3c54)cc2)cc1. The summed E-state index contributed by atoms with van der Waals surface area (Å²) in [5.74, 6) is 0. The molecule has 0 fully saturated rings. The topological polar surface area (TPSA) is 9.86 Å². The summed E-state index contributed by atoms with van der Waals surface area (Å²) >= 11 is 0. The highest BCUT2D eigenvalue weighted by molar-refractivity contribution is 7.21. The van der Waals surface area contributed by atoms with Gasteiger partial charge in [0.1, 0.15) is 0 Å². The van der Waals surface area contributed by atoms with Crippen molar-refractivity contribution in [1.82, 2.24) is 9.13 Å². The molecule has 10 aromatic rings. The molecule has 3 heterocycles. The van der Waals surface area contributed by atoms with Crippen molar-refractivity contribution in [1.29, 1.82) is 0 Å². The predicted molar refractivity (Wildman–Crippen MR) is 218 cm³/mol. The average molecular weight is 665 g/mol. The van der Waals surface area contributed by atoms with Crippen molar-refractivity contribution in [3.8, 4) is 22.5 Å². The molecule has 0 N–H and O–H groups in total. The Morgan fingerprint density at radius 3 is 1.49 bits per heavy atom. The van der Waals surface area contributed by atoms with Gasteiger partial charge >= 0.3 is 0 Å². The molecule has 0 spiro atoms. The lowest BCUT2D eigenvalue weighted by molar-refractivity contribution is 1.17. The van der Waals surface area contributed by atoms with E-state index in [1.54, 1.807) is 0 Å². The third-order valence-electron chi connectivity index (χ3n) is 11.2. The molecular weight excluding hydrogens is 633 g/mol. The molecule has 1 aliphatic rings. The molecule has 1 unspecified atom stereocenters. The van der Waals surface area contributed by atoms with Crippen molar-refractivity contribution in [2.75, 3.05) is 0 Å². The van der Waals surface area contributed by atoms with Gasteiger partial charge in [-0.25, -0.2) is 0 Å². The van der Waals surface area contributed by atoms with Crippen molar-refractivity contribution in [3.63, 3.8) is 0 Å². The number of hydrogen-bond acceptors (Lipinski definition) is 0. The van der Waals surface area contributed by atoms with Crippen molar-refractivity contribution >= 4 is 72.4 Å². The molecule has 238 valence electrons. The first-order valence-electron chi connectivity index (χ1n) is 17.7. The van der Waals surface area contributed by atoms with E-state index in [-0.39, 0.29) is 0 Å². The third-order valence-corrected chi connectivity index (χ3v) is 16.0. The highest BCUT2D eigenvalue weighted by Crippen LogP contribution is 2.39. The van der Waals surface area contributed by atoms with Crippen LogP contribution in [0.4, 0.5) is 0 Å². The van der Waals surface area contributed by atoms with Gasteiger partial charge in [-0.1, -0.05) is 158 Å². The lowest BCUT2D eigenvalue weighted by atomic mass is 10.1. The average Bonchev–Trinajstić information content (AvgIpc) is 3.73. The Labute approximate surface area is 297 Å². The summed E-state index contributed by atoms with van der Waals surface area (Å²) in [6.07, 6.45) is 0. The minimum Gasteiger partial charge on any atom is -0.309 e. The van der Waals surface area contributed by atoms with Crippen LogP contribution in [-0.2, 0) is 0 Å². The van der Waals surface area contributed by atoms with E-state index in [0.717, 1.165) is 0 Å². The second kappa shape index (κ2) is 10.8. The molecule has 0 saturated heterocycles. The summed E-state index contributed by atoms with van der Waals surface area (Å²) in [7, 11) is -2.91. The van der Waals surface area contributed by atoms with Gasteiger partial charge in [-0.2, -0.15) is 0 Å². The van der Waals surface area contributed by atoms with Gasteiger partial charge in [-0.05, 0) is 68.3 Å². The number of aromatic nitrogens is 2. The molecule has 3 heteroatoms. The molecule has 1 aliphatic heterocycles. The van der Waals surface area contributed by atoms with Crippen LogP contribution in [0.25, 0.3) is 66.1 Å². The van der Waals surface area contributed by atoms with Crippen LogP contribution in [0.3, 0.4) is 0 Å². The van der Waals surface area contributed by atoms with Gasteiger partial charge in [0.05, 0.1) is 22.1 Å². The van der Waals surface area contributed by atoms with Gasteiger partial charge in [0.2, 0.25) is 0 Å². The summed E-state index contributed by atoms with van der Waals surface area (Å²) in [5, 5.41) is 10.7. The Hall–Kier alpha value is -6.42. The fourth-order valence-electron chi connectivity index (χ4n) is 9.10. The lowest BCUT2D eigenvalue weighted by Gasteiger charge is -2.40. The molecule has 0 radical (unpaired) electrons. The normalized spacial score (nSPS) is 15.1. The zero-order chi connectivity index (χ0) is 33.5. The fraction of sp³-hybridized carbons (Fsp3) is 0. The maximum Gasteiger partial charge on any atom is 0.184 e. The van der Waals surface area contributed by atoms with Crippen molar-refractivity contribution in [3.05, 3.63) is 194 Å². The number of nitrogens with zero attached hydrogens (tertiary/aromatic N) is 2. The molecule has 0 saturated carbocycles. The van der Waals surface area contributed by atoms with Gasteiger partial charge in [-0.3, -0.25) is 0 Å². The highest BCUT2D eigenvalue weighted by atomic mass is 28.3. The molecule has 0 amide bonds. The first kappa shape index (κ1) is 28.4. The maximum atomic E-state index is 2.55. The van der Waals surface area contributed by atoms with Crippen LogP contribution in [0, 0.1) is 0 Å². The fourth-order valence-corrected chi connectivity index (χ4v) is 14.2.